The average molecular weight is 472 g/mol. The number of rotatable bonds is 6. The molecule has 0 bridgehead atoms. The molecule has 1 fully saturated rings. The van der Waals surface area contributed by atoms with E-state index < -0.39 is 0 Å². The molecule has 34 heavy (non-hydrogen) atoms. The molecule has 5 nitrogen and oxygen atoms in total. The first-order valence-electron chi connectivity index (χ1n) is 10.9. The average Bonchev–Trinajstić information content (AvgIpc) is 3.37. The molecule has 0 radical (unpaired) electrons. The lowest BCUT2D eigenvalue weighted by Crippen LogP contribution is -2.19. The first-order valence-corrected chi connectivity index (χ1v) is 11.7. The Labute approximate surface area is 201 Å². The normalized spacial score (nSPS) is 15.9. The van der Waals surface area contributed by atoms with Crippen LogP contribution < -0.4 is 10.1 Å². The fourth-order valence-corrected chi connectivity index (χ4v) is 4.65. The van der Waals surface area contributed by atoms with Crippen LogP contribution in [0, 0.1) is 5.82 Å². The van der Waals surface area contributed by atoms with Crippen LogP contribution in [-0.2, 0) is 11.3 Å². The van der Waals surface area contributed by atoms with E-state index in [4.69, 9.17) is 4.74 Å². The van der Waals surface area contributed by atoms with Gasteiger partial charge in [-0.25, -0.2) is 9.38 Å². The third-order valence-electron chi connectivity index (χ3n) is 5.36. The molecule has 1 aliphatic rings. The molecule has 5 rings (SSSR count). The van der Waals surface area contributed by atoms with Crippen molar-refractivity contribution in [3.63, 3.8) is 0 Å². The number of amidine groups is 1. The number of ether oxygens (including phenoxy) is 1. The second-order valence-corrected chi connectivity index (χ2v) is 8.83. The standard InChI is InChI=1S/C27H22FN3O2S/c1-2-33-23-9-7-22(8-10-23)29-27-30-26(32)25(34-27)16-18-6-11-24-20(14-18)12-13-31(24)17-19-4-3-5-21(28)15-19/h3-16H,2,17H2,1H3,(H,29,30,32)/b25-16+. The van der Waals surface area contributed by atoms with Crippen molar-refractivity contribution in [2.75, 3.05) is 6.61 Å². The smallest absolute Gasteiger partial charge is 0.264 e. The van der Waals surface area contributed by atoms with Crippen LogP contribution in [0.15, 0.2) is 88.9 Å². The zero-order chi connectivity index (χ0) is 23.5. The Bertz CT molecular complexity index is 1420. The number of thioether (sulfide) groups is 1. The number of benzene rings is 3. The topological polar surface area (TPSA) is 55.6 Å². The quantitative estimate of drug-likeness (QED) is 0.345. The summed E-state index contributed by atoms with van der Waals surface area (Å²) in [7, 11) is 0. The summed E-state index contributed by atoms with van der Waals surface area (Å²) in [6, 6.07) is 22.1. The Balaban J connectivity index is 1.33. The molecule has 4 aromatic rings. The van der Waals surface area contributed by atoms with E-state index in [1.54, 1.807) is 12.1 Å². The molecule has 0 saturated carbocycles. The number of aliphatic imine (C=N–C) groups is 1. The highest BCUT2D eigenvalue weighted by molar-refractivity contribution is 8.18. The van der Waals surface area contributed by atoms with E-state index in [1.807, 2.05) is 73.8 Å². The summed E-state index contributed by atoms with van der Waals surface area (Å²) in [5, 5.41) is 4.42. The van der Waals surface area contributed by atoms with Gasteiger partial charge in [0.05, 0.1) is 17.2 Å². The van der Waals surface area contributed by atoms with Crippen molar-refractivity contribution in [2.45, 2.75) is 13.5 Å². The van der Waals surface area contributed by atoms with Crippen molar-refractivity contribution in [1.29, 1.82) is 0 Å². The molecule has 2 heterocycles. The van der Waals surface area contributed by atoms with Crippen molar-refractivity contribution < 1.29 is 13.9 Å². The molecule has 1 saturated heterocycles. The van der Waals surface area contributed by atoms with Crippen molar-refractivity contribution in [2.24, 2.45) is 4.99 Å². The summed E-state index contributed by atoms with van der Waals surface area (Å²) in [6.07, 6.45) is 3.86. The van der Waals surface area contributed by atoms with Crippen LogP contribution in [0.5, 0.6) is 5.75 Å². The van der Waals surface area contributed by atoms with E-state index in [9.17, 15) is 9.18 Å². The van der Waals surface area contributed by atoms with Crippen molar-refractivity contribution >= 4 is 45.5 Å². The maximum absolute atomic E-state index is 13.5. The molecule has 0 aliphatic carbocycles. The number of carbonyl (C=O) groups is 1. The molecule has 3 aromatic carbocycles. The highest BCUT2D eigenvalue weighted by Crippen LogP contribution is 2.29. The SMILES string of the molecule is CCOc1ccc(N=C2NC(=O)/C(=C\c3ccc4c(ccn4Cc4cccc(F)c4)c3)S2)cc1. The Morgan fingerprint density at radius 3 is 2.74 bits per heavy atom. The first-order chi connectivity index (χ1) is 16.6. The fourth-order valence-electron chi connectivity index (χ4n) is 3.81. The molecule has 0 atom stereocenters. The predicted octanol–water partition coefficient (Wildman–Crippen LogP) is 6.12. The summed E-state index contributed by atoms with van der Waals surface area (Å²) >= 11 is 1.32. The summed E-state index contributed by atoms with van der Waals surface area (Å²) < 4.78 is 21.0. The molecular formula is C27H22FN3O2S. The van der Waals surface area contributed by atoms with Gasteiger partial charge in [0, 0.05) is 23.6 Å². The minimum absolute atomic E-state index is 0.168. The Kier molecular flexibility index (Phi) is 6.18. The minimum atomic E-state index is -0.236. The summed E-state index contributed by atoms with van der Waals surface area (Å²) in [5.41, 5.74) is 3.62. The zero-order valence-electron chi connectivity index (χ0n) is 18.5. The largest absolute Gasteiger partial charge is 0.494 e. The van der Waals surface area contributed by atoms with Gasteiger partial charge in [-0.05, 0) is 90.5 Å². The molecule has 1 aromatic heterocycles. The molecule has 7 heteroatoms. The lowest BCUT2D eigenvalue weighted by molar-refractivity contribution is -0.115. The van der Waals surface area contributed by atoms with E-state index in [1.165, 1.54) is 17.8 Å². The lowest BCUT2D eigenvalue weighted by atomic mass is 10.1. The fraction of sp³-hybridized carbons (Fsp3) is 0.111. The van der Waals surface area contributed by atoms with Crippen LogP contribution in [-0.4, -0.2) is 22.2 Å². The second-order valence-electron chi connectivity index (χ2n) is 7.80. The van der Waals surface area contributed by atoms with Crippen LogP contribution in [0.3, 0.4) is 0 Å². The minimum Gasteiger partial charge on any atom is -0.494 e. The van der Waals surface area contributed by atoms with Gasteiger partial charge in [0.25, 0.3) is 5.91 Å². The number of hydrogen-bond donors (Lipinski definition) is 1. The number of carbonyl (C=O) groups excluding carboxylic acids is 1. The highest BCUT2D eigenvalue weighted by Gasteiger charge is 2.23. The van der Waals surface area contributed by atoms with Gasteiger partial charge in [-0.2, -0.15) is 0 Å². The van der Waals surface area contributed by atoms with Gasteiger partial charge < -0.3 is 14.6 Å². The molecule has 0 unspecified atom stereocenters. The maximum Gasteiger partial charge on any atom is 0.264 e. The number of nitrogens with zero attached hydrogens (tertiary/aromatic N) is 2. The van der Waals surface area contributed by atoms with Gasteiger partial charge in [-0.1, -0.05) is 18.2 Å². The Hall–Kier alpha value is -3.84. The van der Waals surface area contributed by atoms with E-state index in [2.05, 4.69) is 14.9 Å². The lowest BCUT2D eigenvalue weighted by Gasteiger charge is -2.06. The molecule has 0 spiro atoms. The number of nitrogens with one attached hydrogen (secondary N) is 1. The van der Waals surface area contributed by atoms with Gasteiger partial charge >= 0.3 is 0 Å². The Morgan fingerprint density at radius 1 is 1.09 bits per heavy atom. The number of amides is 1. The summed E-state index contributed by atoms with van der Waals surface area (Å²) in [5.74, 6) is 0.384. The summed E-state index contributed by atoms with van der Waals surface area (Å²) in [6.45, 7) is 3.13. The first kappa shape index (κ1) is 22.0. The van der Waals surface area contributed by atoms with Crippen LogP contribution in [0.2, 0.25) is 0 Å². The van der Waals surface area contributed by atoms with E-state index >= 15 is 0 Å². The monoisotopic (exact) mass is 471 g/mol. The highest BCUT2D eigenvalue weighted by atomic mass is 32.2. The maximum atomic E-state index is 13.5. The second kappa shape index (κ2) is 9.57. The van der Waals surface area contributed by atoms with Crippen molar-refractivity contribution in [3.8, 4) is 5.75 Å². The third-order valence-corrected chi connectivity index (χ3v) is 6.27. The van der Waals surface area contributed by atoms with Gasteiger partial charge in [0.2, 0.25) is 0 Å². The summed E-state index contributed by atoms with van der Waals surface area (Å²) in [4.78, 5) is 17.6. The van der Waals surface area contributed by atoms with Gasteiger partial charge in [0.1, 0.15) is 11.6 Å². The van der Waals surface area contributed by atoms with E-state index in [0.717, 1.165) is 33.5 Å². The zero-order valence-corrected chi connectivity index (χ0v) is 19.3. The molecule has 170 valence electrons. The van der Waals surface area contributed by atoms with Gasteiger partial charge in [-0.3, -0.25) is 4.79 Å². The third kappa shape index (κ3) is 4.89. The van der Waals surface area contributed by atoms with Crippen LogP contribution >= 0.6 is 11.8 Å². The molecular weight excluding hydrogens is 449 g/mol. The van der Waals surface area contributed by atoms with Crippen molar-refractivity contribution in [3.05, 3.63) is 101 Å². The van der Waals surface area contributed by atoms with E-state index in [-0.39, 0.29) is 11.7 Å². The predicted molar refractivity (Wildman–Crippen MR) is 136 cm³/mol. The number of halogens is 1. The van der Waals surface area contributed by atoms with Gasteiger partial charge in [0.15, 0.2) is 5.17 Å². The van der Waals surface area contributed by atoms with Crippen LogP contribution in [0.4, 0.5) is 10.1 Å². The number of hydrogen-bond acceptors (Lipinski definition) is 4. The van der Waals surface area contributed by atoms with Crippen LogP contribution in [0.1, 0.15) is 18.1 Å². The van der Waals surface area contributed by atoms with Crippen molar-refractivity contribution in [1.82, 2.24) is 9.88 Å². The van der Waals surface area contributed by atoms with Gasteiger partial charge in [-0.15, -0.1) is 0 Å². The Morgan fingerprint density at radius 2 is 1.94 bits per heavy atom. The number of fused-ring (bicyclic) bond motifs is 1. The molecule has 1 aliphatic heterocycles. The molecule has 1 N–H and O–H groups in total. The van der Waals surface area contributed by atoms with Crippen LogP contribution in [0.25, 0.3) is 17.0 Å². The molecule has 1 amide bonds. The number of aromatic nitrogens is 1. The van der Waals surface area contributed by atoms with E-state index in [0.29, 0.717) is 23.2 Å².